The number of hydrogen-bond acceptors (Lipinski definition) is 4. The first-order chi connectivity index (χ1) is 10.1. The van der Waals surface area contributed by atoms with Gasteiger partial charge in [0.05, 0.1) is 18.2 Å². The maximum Gasteiger partial charge on any atom is 0.179 e. The molecule has 1 N–H and O–H groups in total. The van der Waals surface area contributed by atoms with Crippen molar-refractivity contribution < 1.29 is 13.7 Å². The van der Waals surface area contributed by atoms with Crippen molar-refractivity contribution in [3.8, 4) is 11.5 Å². The summed E-state index contributed by atoms with van der Waals surface area (Å²) in [6.07, 6.45) is 3.49. The molecule has 118 valence electrons. The molecule has 1 aliphatic heterocycles. The topological polar surface area (TPSA) is 47.6 Å². The quantitative estimate of drug-likeness (QED) is 0.870. The summed E-state index contributed by atoms with van der Waals surface area (Å²) in [5.74, 6) is 2.09. The lowest BCUT2D eigenvalue weighted by Crippen LogP contribution is -2.27. The van der Waals surface area contributed by atoms with Gasteiger partial charge in [0.1, 0.15) is 0 Å². The molecular weight excluding hydrogens is 310 g/mol. The fourth-order valence-electron chi connectivity index (χ4n) is 2.12. The number of benzene rings is 1. The fraction of sp³-hybridized carbons (Fsp3) is 0.600. The summed E-state index contributed by atoms with van der Waals surface area (Å²) in [7, 11) is -0.739. The van der Waals surface area contributed by atoms with E-state index in [-0.39, 0.29) is 0 Å². The van der Waals surface area contributed by atoms with E-state index in [1.807, 2.05) is 12.1 Å². The van der Waals surface area contributed by atoms with Gasteiger partial charge in [0.15, 0.2) is 11.5 Å². The van der Waals surface area contributed by atoms with E-state index in [1.54, 1.807) is 6.26 Å². The Morgan fingerprint density at radius 2 is 2.14 bits per heavy atom. The molecule has 0 spiro atoms. The highest BCUT2D eigenvalue weighted by Gasteiger charge is 2.15. The molecule has 0 fully saturated rings. The summed E-state index contributed by atoms with van der Waals surface area (Å²) < 4.78 is 22.4. The van der Waals surface area contributed by atoms with Crippen LogP contribution in [0, 0.1) is 0 Å². The van der Waals surface area contributed by atoms with E-state index < -0.39 is 10.8 Å². The Balaban J connectivity index is 1.96. The molecule has 0 aromatic heterocycles. The molecule has 2 unspecified atom stereocenters. The predicted octanol–water partition coefficient (Wildman–Crippen LogP) is 2.75. The normalized spacial score (nSPS) is 17.1. The molecule has 1 aromatic carbocycles. The van der Waals surface area contributed by atoms with Crippen molar-refractivity contribution in [2.24, 2.45) is 0 Å². The van der Waals surface area contributed by atoms with Crippen molar-refractivity contribution in [2.45, 2.75) is 32.4 Å². The molecule has 0 aliphatic carbocycles. The average molecular weight is 332 g/mol. The minimum absolute atomic E-state index is 0.309. The average Bonchev–Trinajstić information content (AvgIpc) is 2.68. The summed E-state index contributed by atoms with van der Waals surface area (Å²) in [4.78, 5) is 0. The van der Waals surface area contributed by atoms with E-state index in [9.17, 15) is 4.21 Å². The van der Waals surface area contributed by atoms with Crippen molar-refractivity contribution in [3.63, 3.8) is 0 Å². The monoisotopic (exact) mass is 331 g/mol. The van der Waals surface area contributed by atoms with Crippen molar-refractivity contribution in [1.29, 1.82) is 0 Å². The molecule has 0 bridgehead atoms. The van der Waals surface area contributed by atoms with Gasteiger partial charge in [-0.05, 0) is 31.0 Å². The van der Waals surface area contributed by atoms with Crippen LogP contribution in [0.15, 0.2) is 12.1 Å². The van der Waals surface area contributed by atoms with E-state index in [1.165, 1.54) is 0 Å². The maximum absolute atomic E-state index is 11.1. The lowest BCUT2D eigenvalue weighted by Gasteiger charge is -2.15. The van der Waals surface area contributed by atoms with Crippen LogP contribution in [0.5, 0.6) is 11.5 Å². The molecule has 6 heteroatoms. The van der Waals surface area contributed by atoms with E-state index in [0.717, 1.165) is 29.9 Å². The van der Waals surface area contributed by atoms with Gasteiger partial charge < -0.3 is 14.8 Å². The zero-order valence-corrected chi connectivity index (χ0v) is 14.1. The van der Waals surface area contributed by atoms with Crippen molar-refractivity contribution in [3.05, 3.63) is 22.7 Å². The lowest BCUT2D eigenvalue weighted by atomic mass is 10.1. The van der Waals surface area contributed by atoms with Gasteiger partial charge in [-0.15, -0.1) is 0 Å². The standard InChI is InChI=1S/C15H22ClNO3S/c1-11(4-7-21(2)18)17-10-12-8-13(16)15-14(9-12)19-5-3-6-20-15/h8-9,11,17H,3-7,10H2,1-2H3. The third kappa shape index (κ3) is 5.16. The molecule has 1 aliphatic rings. The van der Waals surface area contributed by atoms with Gasteiger partial charge in [0.25, 0.3) is 0 Å². The highest BCUT2D eigenvalue weighted by molar-refractivity contribution is 7.84. The first kappa shape index (κ1) is 16.6. The summed E-state index contributed by atoms with van der Waals surface area (Å²) in [5.41, 5.74) is 1.06. The zero-order valence-electron chi connectivity index (χ0n) is 12.5. The van der Waals surface area contributed by atoms with E-state index in [0.29, 0.717) is 36.6 Å². The molecule has 0 amide bonds. The number of halogens is 1. The largest absolute Gasteiger partial charge is 0.489 e. The van der Waals surface area contributed by atoms with Crippen LogP contribution in [0.1, 0.15) is 25.3 Å². The second-order valence-electron chi connectivity index (χ2n) is 5.30. The Hall–Kier alpha value is -0.780. The van der Waals surface area contributed by atoms with Crippen molar-refractivity contribution >= 4 is 22.4 Å². The lowest BCUT2D eigenvalue weighted by molar-refractivity contribution is 0.297. The molecule has 1 aromatic rings. The summed E-state index contributed by atoms with van der Waals surface area (Å²) in [5, 5.41) is 4.01. The van der Waals surface area contributed by atoms with Crippen LogP contribution in [0.4, 0.5) is 0 Å². The third-order valence-electron chi connectivity index (χ3n) is 3.35. The van der Waals surface area contributed by atoms with Crippen molar-refractivity contribution in [1.82, 2.24) is 5.32 Å². The number of fused-ring (bicyclic) bond motifs is 1. The van der Waals surface area contributed by atoms with E-state index in [2.05, 4.69) is 12.2 Å². The second-order valence-corrected chi connectivity index (χ2v) is 7.27. The SMILES string of the molecule is CC(CCS(C)=O)NCc1cc(Cl)c2c(c1)OCCCO2. The van der Waals surface area contributed by atoms with Gasteiger partial charge in [-0.2, -0.15) is 0 Å². The first-order valence-electron chi connectivity index (χ1n) is 7.17. The van der Waals surface area contributed by atoms with Crippen LogP contribution in [0.25, 0.3) is 0 Å². The molecule has 4 nitrogen and oxygen atoms in total. The minimum atomic E-state index is -0.739. The van der Waals surface area contributed by atoms with E-state index in [4.69, 9.17) is 21.1 Å². The Morgan fingerprint density at radius 3 is 2.90 bits per heavy atom. The van der Waals surface area contributed by atoms with Crippen LogP contribution in [0.2, 0.25) is 5.02 Å². The van der Waals surface area contributed by atoms with Crippen LogP contribution in [-0.4, -0.2) is 35.5 Å². The Kier molecular flexibility index (Phi) is 6.33. The highest BCUT2D eigenvalue weighted by Crippen LogP contribution is 2.37. The Morgan fingerprint density at radius 1 is 1.38 bits per heavy atom. The Labute approximate surface area is 133 Å². The molecular formula is C15H22ClNO3S. The third-order valence-corrected chi connectivity index (χ3v) is 4.45. The van der Waals surface area contributed by atoms with E-state index >= 15 is 0 Å². The van der Waals surface area contributed by atoms with Crippen LogP contribution in [0.3, 0.4) is 0 Å². The molecule has 1 heterocycles. The number of rotatable bonds is 6. The smallest absolute Gasteiger partial charge is 0.179 e. The summed E-state index contributed by atoms with van der Waals surface area (Å²) in [6.45, 7) is 4.08. The maximum atomic E-state index is 11.1. The molecule has 2 rings (SSSR count). The van der Waals surface area contributed by atoms with Gasteiger partial charge in [0, 0.05) is 41.8 Å². The predicted molar refractivity (Wildman–Crippen MR) is 86.9 cm³/mol. The highest BCUT2D eigenvalue weighted by atomic mass is 35.5. The summed E-state index contributed by atoms with van der Waals surface area (Å²) >= 11 is 6.26. The number of nitrogens with one attached hydrogen (secondary N) is 1. The van der Waals surface area contributed by atoms with Gasteiger partial charge in [0.2, 0.25) is 0 Å². The van der Waals surface area contributed by atoms with Crippen LogP contribution < -0.4 is 14.8 Å². The number of hydrogen-bond donors (Lipinski definition) is 1. The van der Waals surface area contributed by atoms with Gasteiger partial charge >= 0.3 is 0 Å². The molecule has 0 radical (unpaired) electrons. The number of ether oxygens (including phenoxy) is 2. The van der Waals surface area contributed by atoms with Gasteiger partial charge in [-0.1, -0.05) is 11.6 Å². The molecule has 0 saturated heterocycles. The Bertz CT molecular complexity index is 510. The first-order valence-corrected chi connectivity index (χ1v) is 9.28. The second kappa shape index (κ2) is 8.01. The molecule has 21 heavy (non-hydrogen) atoms. The fourth-order valence-corrected chi connectivity index (χ4v) is 3.10. The van der Waals surface area contributed by atoms with Crippen molar-refractivity contribution in [2.75, 3.05) is 25.2 Å². The van der Waals surface area contributed by atoms with Gasteiger partial charge in [-0.25, -0.2) is 0 Å². The van der Waals surface area contributed by atoms with Gasteiger partial charge in [-0.3, -0.25) is 4.21 Å². The molecule has 2 atom stereocenters. The molecule has 0 saturated carbocycles. The zero-order chi connectivity index (χ0) is 15.2. The van der Waals surface area contributed by atoms with Crippen LogP contribution in [-0.2, 0) is 17.3 Å². The van der Waals surface area contributed by atoms with Crippen LogP contribution >= 0.6 is 11.6 Å². The summed E-state index contributed by atoms with van der Waals surface area (Å²) in [6, 6.07) is 4.19. The minimum Gasteiger partial charge on any atom is -0.489 e.